The molecule has 0 aliphatic heterocycles. The highest BCUT2D eigenvalue weighted by atomic mass is 32.2. The van der Waals surface area contributed by atoms with Gasteiger partial charge >= 0.3 is 11.9 Å². The van der Waals surface area contributed by atoms with Crippen molar-refractivity contribution in [2.24, 2.45) is 10.2 Å². The van der Waals surface area contributed by atoms with Gasteiger partial charge in [0.25, 0.3) is 5.95 Å². The molecule has 3 aromatic rings. The van der Waals surface area contributed by atoms with E-state index < -0.39 is 22.4 Å². The number of azo groups is 1. The van der Waals surface area contributed by atoms with Gasteiger partial charge in [-0.15, -0.1) is 27.1 Å². The van der Waals surface area contributed by atoms with Crippen LogP contribution < -0.4 is 16.0 Å². The molecule has 0 saturated heterocycles. The SMILES string of the molecule is COCC(C)Nc1nc(NCCCOC(=O)C(C)SC(C)C(=O)O)c(N=Nc2nn(-c3ncccn3)cc2C#N)c(NC(C)COC)n1. The molecule has 0 amide bonds. The number of thioether (sulfide) groups is 1. The first kappa shape index (κ1) is 37.5. The molecule has 0 aromatic carbocycles. The second kappa shape index (κ2) is 19.0. The highest BCUT2D eigenvalue weighted by molar-refractivity contribution is 8.01. The van der Waals surface area contributed by atoms with Crippen molar-refractivity contribution in [3.63, 3.8) is 0 Å². The Bertz CT molecular complexity index is 1570. The zero-order valence-electron chi connectivity index (χ0n) is 27.6. The summed E-state index contributed by atoms with van der Waals surface area (Å²) < 4.78 is 17.2. The van der Waals surface area contributed by atoms with Crippen molar-refractivity contribution in [1.29, 1.82) is 5.26 Å². The monoisotopic (exact) mass is 684 g/mol. The van der Waals surface area contributed by atoms with Crippen molar-refractivity contribution in [3.8, 4) is 12.0 Å². The fourth-order valence-electron chi connectivity index (χ4n) is 3.99. The topological polar surface area (TPSA) is 236 Å². The number of aliphatic carboxylic acids is 1. The normalized spacial score (nSPS) is 13.7. The van der Waals surface area contributed by atoms with Crippen LogP contribution in [0.4, 0.5) is 29.1 Å². The fourth-order valence-corrected chi connectivity index (χ4v) is 4.90. The summed E-state index contributed by atoms with van der Waals surface area (Å²) in [5.74, 6) is -0.331. The zero-order valence-corrected chi connectivity index (χ0v) is 28.4. The van der Waals surface area contributed by atoms with E-state index in [1.54, 1.807) is 39.6 Å². The number of rotatable bonds is 20. The van der Waals surface area contributed by atoms with Gasteiger partial charge < -0.3 is 35.3 Å². The smallest absolute Gasteiger partial charge is 0.318 e. The largest absolute Gasteiger partial charge is 0.480 e. The van der Waals surface area contributed by atoms with E-state index in [2.05, 4.69) is 57.3 Å². The van der Waals surface area contributed by atoms with Crippen LogP contribution in [-0.2, 0) is 23.8 Å². The number of hydrogen-bond donors (Lipinski definition) is 4. The van der Waals surface area contributed by atoms with Crippen LogP contribution >= 0.6 is 11.8 Å². The summed E-state index contributed by atoms with van der Waals surface area (Å²) in [6, 6.07) is 3.39. The predicted octanol–water partition coefficient (Wildman–Crippen LogP) is 3.57. The molecule has 18 nitrogen and oxygen atoms in total. The van der Waals surface area contributed by atoms with E-state index >= 15 is 0 Å². The highest BCUT2D eigenvalue weighted by Gasteiger charge is 2.22. The number of carboxylic acids is 1. The van der Waals surface area contributed by atoms with Gasteiger partial charge in [0.2, 0.25) is 11.8 Å². The lowest BCUT2D eigenvalue weighted by molar-refractivity contribution is -0.142. The summed E-state index contributed by atoms with van der Waals surface area (Å²) >= 11 is 1.01. The molecule has 258 valence electrons. The summed E-state index contributed by atoms with van der Waals surface area (Å²) in [5, 5.41) is 40.2. The minimum Gasteiger partial charge on any atom is -0.480 e. The quantitative estimate of drug-likeness (QED) is 0.0756. The van der Waals surface area contributed by atoms with Crippen molar-refractivity contribution >= 4 is 52.8 Å². The molecule has 0 aliphatic rings. The van der Waals surface area contributed by atoms with Crippen molar-refractivity contribution < 1.29 is 28.9 Å². The third kappa shape index (κ3) is 11.4. The summed E-state index contributed by atoms with van der Waals surface area (Å²) in [4.78, 5) is 41.1. The number of carboxylic acid groups (broad SMARTS) is 1. The van der Waals surface area contributed by atoms with E-state index in [-0.39, 0.29) is 47.7 Å². The molecule has 0 radical (unpaired) electrons. The molecular weight excluding hydrogens is 644 g/mol. The molecule has 0 saturated carbocycles. The van der Waals surface area contributed by atoms with E-state index in [1.807, 2.05) is 13.8 Å². The number of nitriles is 1. The average Bonchev–Trinajstić information content (AvgIpc) is 3.47. The van der Waals surface area contributed by atoms with Crippen LogP contribution in [0.15, 0.2) is 34.9 Å². The molecule has 4 N–H and O–H groups in total. The number of methoxy groups -OCH3 is 2. The second-order valence-electron chi connectivity index (χ2n) is 10.5. The lowest BCUT2D eigenvalue weighted by Crippen LogP contribution is -2.25. The summed E-state index contributed by atoms with van der Waals surface area (Å²) in [7, 11) is 3.18. The minimum absolute atomic E-state index is 0.0267. The predicted molar refractivity (Wildman–Crippen MR) is 178 cm³/mol. The molecule has 19 heteroatoms. The van der Waals surface area contributed by atoms with Gasteiger partial charge in [0, 0.05) is 45.2 Å². The maximum absolute atomic E-state index is 12.4. The molecule has 4 atom stereocenters. The standard InChI is InChI=1S/C29H40N12O6S/c1-17(15-45-5)34-25-22(38-39-23-21(13-30)14-41(40-23)29-32-9-7-10-33-29)24(36-28(37-25)35-18(2)16-46-6)31-11-8-12-47-27(44)20(4)48-19(3)26(42)43/h7,9-10,14,17-20H,8,11-12,15-16H2,1-6H3,(H,42,43)(H3,31,34,35,36,37). The van der Waals surface area contributed by atoms with Crippen LogP contribution in [0.25, 0.3) is 5.95 Å². The number of esters is 1. The van der Waals surface area contributed by atoms with Crippen molar-refractivity contribution in [2.45, 2.75) is 56.7 Å². The first-order valence-electron chi connectivity index (χ1n) is 15.0. The Labute approximate surface area is 282 Å². The molecule has 3 aromatic heterocycles. The van der Waals surface area contributed by atoms with Crippen molar-refractivity contribution in [3.05, 3.63) is 30.2 Å². The summed E-state index contributed by atoms with van der Waals surface area (Å²) in [6.45, 7) is 8.08. The Morgan fingerprint density at radius 2 is 1.69 bits per heavy atom. The average molecular weight is 685 g/mol. The van der Waals surface area contributed by atoms with E-state index in [9.17, 15) is 14.9 Å². The molecule has 0 aliphatic carbocycles. The van der Waals surface area contributed by atoms with Crippen LogP contribution in [0.5, 0.6) is 0 Å². The van der Waals surface area contributed by atoms with E-state index in [0.717, 1.165) is 11.8 Å². The van der Waals surface area contributed by atoms with Crippen LogP contribution in [0, 0.1) is 11.3 Å². The van der Waals surface area contributed by atoms with Gasteiger partial charge in [0.05, 0.1) is 26.0 Å². The molecule has 3 heterocycles. The highest BCUT2D eigenvalue weighted by Crippen LogP contribution is 2.34. The van der Waals surface area contributed by atoms with Crippen LogP contribution in [0.2, 0.25) is 0 Å². The molecule has 4 unspecified atom stereocenters. The number of nitrogens with one attached hydrogen (secondary N) is 3. The van der Waals surface area contributed by atoms with Gasteiger partial charge in [-0.3, -0.25) is 9.59 Å². The molecule has 3 rings (SSSR count). The molecule has 0 bridgehead atoms. The lowest BCUT2D eigenvalue weighted by Gasteiger charge is -2.20. The third-order valence-corrected chi connectivity index (χ3v) is 7.45. The molecule has 48 heavy (non-hydrogen) atoms. The first-order valence-corrected chi connectivity index (χ1v) is 15.9. The van der Waals surface area contributed by atoms with Crippen molar-refractivity contribution in [1.82, 2.24) is 29.7 Å². The van der Waals surface area contributed by atoms with E-state index in [1.165, 1.54) is 17.8 Å². The second-order valence-corrected chi connectivity index (χ2v) is 12.2. The zero-order chi connectivity index (χ0) is 35.1. The first-order chi connectivity index (χ1) is 23.1. The van der Waals surface area contributed by atoms with Crippen LogP contribution in [0.1, 0.15) is 39.7 Å². The van der Waals surface area contributed by atoms with Crippen LogP contribution in [0.3, 0.4) is 0 Å². The Hall–Kier alpha value is -4.93. The molecular formula is C29H40N12O6S. The number of aromatic nitrogens is 6. The van der Waals surface area contributed by atoms with E-state index in [0.29, 0.717) is 37.8 Å². The fraction of sp³-hybridized carbons (Fsp3) is 0.517. The van der Waals surface area contributed by atoms with Gasteiger partial charge in [-0.2, -0.15) is 15.2 Å². The van der Waals surface area contributed by atoms with Gasteiger partial charge in [-0.1, -0.05) is 0 Å². The molecule has 0 spiro atoms. The number of nitrogens with zero attached hydrogens (tertiary/aromatic N) is 9. The number of carbonyl (C=O) groups excluding carboxylic acids is 1. The summed E-state index contributed by atoms with van der Waals surface area (Å²) in [5.41, 5.74) is 0.365. The van der Waals surface area contributed by atoms with E-state index in [4.69, 9.17) is 19.3 Å². The van der Waals surface area contributed by atoms with Gasteiger partial charge in [-0.25, -0.2) is 14.6 Å². The summed E-state index contributed by atoms with van der Waals surface area (Å²) in [6.07, 6.45) is 4.95. The Kier molecular flexibility index (Phi) is 14.9. The van der Waals surface area contributed by atoms with Crippen LogP contribution in [-0.4, -0.2) is 110 Å². The van der Waals surface area contributed by atoms with Gasteiger partial charge in [0.1, 0.15) is 22.1 Å². The molecule has 0 fully saturated rings. The Morgan fingerprint density at radius 3 is 2.33 bits per heavy atom. The lowest BCUT2D eigenvalue weighted by atomic mass is 10.3. The number of ether oxygens (including phenoxy) is 3. The van der Waals surface area contributed by atoms with Gasteiger partial charge in [0.15, 0.2) is 17.3 Å². The number of hydrogen-bond acceptors (Lipinski definition) is 17. The number of anilines is 3. The maximum Gasteiger partial charge on any atom is 0.318 e. The minimum atomic E-state index is -1.000. The maximum atomic E-state index is 12.4. The van der Waals surface area contributed by atoms with Gasteiger partial charge in [-0.05, 0) is 40.2 Å². The number of carbonyl (C=O) groups is 2. The Balaban J connectivity index is 1.90. The third-order valence-electron chi connectivity index (χ3n) is 6.24. The Morgan fingerprint density at radius 1 is 1.02 bits per heavy atom. The van der Waals surface area contributed by atoms with Crippen molar-refractivity contribution in [2.75, 3.05) is 56.5 Å².